The summed E-state index contributed by atoms with van der Waals surface area (Å²) in [7, 11) is 1.39. The van der Waals surface area contributed by atoms with Crippen molar-refractivity contribution in [2.24, 2.45) is 0 Å². The lowest BCUT2D eigenvalue weighted by atomic mass is 9.99. The predicted octanol–water partition coefficient (Wildman–Crippen LogP) is 2.46. The van der Waals surface area contributed by atoms with E-state index in [1.807, 2.05) is 27.8 Å². The van der Waals surface area contributed by atoms with Gasteiger partial charge in [0.05, 0.1) is 13.5 Å². The Balaban J connectivity index is 2.14. The molecule has 0 N–H and O–H groups in total. The summed E-state index contributed by atoms with van der Waals surface area (Å²) in [4.78, 5) is 26.2. The van der Waals surface area contributed by atoms with E-state index in [1.54, 1.807) is 0 Å². The van der Waals surface area contributed by atoms with E-state index in [1.165, 1.54) is 7.11 Å². The molecule has 1 aromatic rings. The fourth-order valence-electron chi connectivity index (χ4n) is 2.95. The van der Waals surface area contributed by atoms with E-state index >= 15 is 0 Å². The smallest absolute Gasteiger partial charge is 0.307 e. The highest BCUT2D eigenvalue weighted by atomic mass is 16.5. The van der Waals surface area contributed by atoms with Gasteiger partial charge in [-0.1, -0.05) is 6.92 Å². The van der Waals surface area contributed by atoms with Crippen molar-refractivity contribution < 1.29 is 14.3 Å². The molecule has 1 unspecified atom stereocenters. The summed E-state index contributed by atoms with van der Waals surface area (Å²) in [6.45, 7) is 3.65. The second kappa shape index (κ2) is 7.29. The van der Waals surface area contributed by atoms with Crippen molar-refractivity contribution in [1.29, 1.82) is 0 Å². The number of piperidine rings is 1. The van der Waals surface area contributed by atoms with Crippen LogP contribution in [0.3, 0.4) is 0 Å². The monoisotopic (exact) mass is 292 g/mol. The van der Waals surface area contributed by atoms with Gasteiger partial charge >= 0.3 is 5.97 Å². The fourth-order valence-corrected chi connectivity index (χ4v) is 2.95. The number of likely N-dealkylation sites (tertiary alicyclic amines) is 1. The Morgan fingerprint density at radius 1 is 1.38 bits per heavy atom. The molecular weight excluding hydrogens is 268 g/mol. The maximum atomic E-state index is 12.8. The van der Waals surface area contributed by atoms with Crippen LogP contribution in [0, 0.1) is 0 Å². The summed E-state index contributed by atoms with van der Waals surface area (Å²) in [5.74, 6) is -0.217. The molecule has 1 aliphatic rings. The van der Waals surface area contributed by atoms with Crippen LogP contribution in [0.2, 0.25) is 0 Å². The van der Waals surface area contributed by atoms with Crippen molar-refractivity contribution >= 4 is 11.9 Å². The van der Waals surface area contributed by atoms with Crippen LogP contribution < -0.4 is 0 Å². The summed E-state index contributed by atoms with van der Waals surface area (Å²) in [5, 5.41) is 0. The summed E-state index contributed by atoms with van der Waals surface area (Å²) in [6.07, 6.45) is 6.14. The quantitative estimate of drug-likeness (QED) is 0.783. The Morgan fingerprint density at radius 3 is 2.90 bits per heavy atom. The molecule has 0 aliphatic carbocycles. The van der Waals surface area contributed by atoms with Crippen LogP contribution in [0.25, 0.3) is 0 Å². The van der Waals surface area contributed by atoms with Gasteiger partial charge in [0, 0.05) is 25.3 Å². The first kappa shape index (κ1) is 15.6. The van der Waals surface area contributed by atoms with E-state index < -0.39 is 0 Å². The summed E-state index contributed by atoms with van der Waals surface area (Å²) >= 11 is 0. The molecule has 0 aromatic carbocycles. The molecule has 116 valence electrons. The number of amides is 1. The zero-order valence-corrected chi connectivity index (χ0v) is 12.9. The Hall–Kier alpha value is -1.78. The third-order valence-electron chi connectivity index (χ3n) is 4.03. The Labute approximate surface area is 125 Å². The largest absolute Gasteiger partial charge is 0.469 e. The Bertz CT molecular complexity index is 495. The van der Waals surface area contributed by atoms with Crippen LogP contribution >= 0.6 is 0 Å². The number of hydrogen-bond donors (Lipinski definition) is 0. The van der Waals surface area contributed by atoms with Gasteiger partial charge in [0.1, 0.15) is 5.69 Å². The van der Waals surface area contributed by atoms with Gasteiger partial charge in [-0.05, 0) is 37.8 Å². The zero-order valence-electron chi connectivity index (χ0n) is 12.9. The van der Waals surface area contributed by atoms with E-state index in [4.69, 9.17) is 4.74 Å². The van der Waals surface area contributed by atoms with Crippen molar-refractivity contribution in [3.63, 3.8) is 0 Å². The van der Waals surface area contributed by atoms with E-state index in [-0.39, 0.29) is 24.3 Å². The minimum Gasteiger partial charge on any atom is -0.469 e. The molecule has 1 aliphatic heterocycles. The molecule has 1 aromatic heterocycles. The molecule has 0 bridgehead atoms. The topological polar surface area (TPSA) is 51.5 Å². The van der Waals surface area contributed by atoms with Gasteiger partial charge in [-0.25, -0.2) is 0 Å². The molecule has 2 rings (SSSR count). The van der Waals surface area contributed by atoms with Crippen LogP contribution in [-0.4, -0.2) is 41.0 Å². The van der Waals surface area contributed by atoms with Crippen LogP contribution in [-0.2, 0) is 16.1 Å². The average Bonchev–Trinajstić information content (AvgIpc) is 2.95. The highest BCUT2D eigenvalue weighted by Gasteiger charge is 2.30. The van der Waals surface area contributed by atoms with E-state index in [0.717, 1.165) is 38.8 Å². The lowest BCUT2D eigenvalue weighted by Gasteiger charge is -2.35. The first-order chi connectivity index (χ1) is 10.2. The molecule has 5 heteroatoms. The Kier molecular flexibility index (Phi) is 5.42. The number of rotatable bonds is 5. The van der Waals surface area contributed by atoms with Crippen molar-refractivity contribution in [2.75, 3.05) is 13.7 Å². The lowest BCUT2D eigenvalue weighted by Crippen LogP contribution is -2.45. The molecule has 1 amide bonds. The molecular formula is C16H24N2O3. The van der Waals surface area contributed by atoms with Crippen molar-refractivity contribution in [3.8, 4) is 0 Å². The van der Waals surface area contributed by atoms with Crippen LogP contribution in [0.4, 0.5) is 0 Å². The van der Waals surface area contributed by atoms with Gasteiger partial charge in [-0.2, -0.15) is 0 Å². The highest BCUT2D eigenvalue weighted by molar-refractivity contribution is 5.93. The number of esters is 1. The average molecular weight is 292 g/mol. The molecule has 5 nitrogen and oxygen atoms in total. The van der Waals surface area contributed by atoms with Gasteiger partial charge in [-0.3, -0.25) is 9.59 Å². The fraction of sp³-hybridized carbons (Fsp3) is 0.625. The van der Waals surface area contributed by atoms with Gasteiger partial charge in [-0.15, -0.1) is 0 Å². The summed E-state index contributed by atoms with van der Waals surface area (Å²) in [6, 6.07) is 3.73. The van der Waals surface area contributed by atoms with Gasteiger partial charge in [0.25, 0.3) is 5.91 Å². The van der Waals surface area contributed by atoms with Crippen LogP contribution in [0.5, 0.6) is 0 Å². The number of aryl methyl sites for hydroxylation is 1. The molecule has 1 atom stereocenters. The second-order valence-electron chi connectivity index (χ2n) is 5.52. The third-order valence-corrected chi connectivity index (χ3v) is 4.03. The minimum atomic E-state index is -0.247. The van der Waals surface area contributed by atoms with Crippen LogP contribution in [0.1, 0.15) is 49.5 Å². The predicted molar refractivity (Wildman–Crippen MR) is 80.0 cm³/mol. The summed E-state index contributed by atoms with van der Waals surface area (Å²) < 4.78 is 6.74. The number of nitrogens with zero attached hydrogens (tertiary/aromatic N) is 2. The number of ether oxygens (including phenoxy) is 1. The number of carbonyl (C=O) groups is 2. The lowest BCUT2D eigenvalue weighted by molar-refractivity contribution is -0.142. The highest BCUT2D eigenvalue weighted by Crippen LogP contribution is 2.22. The maximum Gasteiger partial charge on any atom is 0.307 e. The summed E-state index contributed by atoms with van der Waals surface area (Å²) in [5.41, 5.74) is 0.716. The van der Waals surface area contributed by atoms with E-state index in [9.17, 15) is 9.59 Å². The van der Waals surface area contributed by atoms with Gasteiger partial charge < -0.3 is 14.2 Å². The standard InChI is InChI=1S/C16H24N2O3/c1-3-9-17-10-6-8-14(17)16(20)18-11-5-4-7-13(18)12-15(19)21-2/h6,8,10,13H,3-5,7,9,11-12H2,1-2H3. The van der Waals surface area contributed by atoms with Gasteiger partial charge in [0.2, 0.25) is 0 Å². The zero-order chi connectivity index (χ0) is 15.2. The molecule has 21 heavy (non-hydrogen) atoms. The normalized spacial score (nSPS) is 18.6. The molecule has 0 spiro atoms. The van der Waals surface area contributed by atoms with E-state index in [2.05, 4.69) is 6.92 Å². The SMILES string of the molecule is CCCn1cccc1C(=O)N1CCCCC1CC(=O)OC. The first-order valence-corrected chi connectivity index (χ1v) is 7.70. The molecule has 0 saturated carbocycles. The van der Waals surface area contributed by atoms with Crippen molar-refractivity contribution in [1.82, 2.24) is 9.47 Å². The number of aromatic nitrogens is 1. The molecule has 1 saturated heterocycles. The third kappa shape index (κ3) is 3.65. The number of carbonyl (C=O) groups excluding carboxylic acids is 2. The maximum absolute atomic E-state index is 12.8. The van der Waals surface area contributed by atoms with Crippen molar-refractivity contribution in [2.45, 2.75) is 51.6 Å². The molecule has 2 heterocycles. The Morgan fingerprint density at radius 2 is 2.19 bits per heavy atom. The van der Waals surface area contributed by atoms with Gasteiger partial charge in [0.15, 0.2) is 0 Å². The minimum absolute atomic E-state index is 0.0297. The molecule has 1 fully saturated rings. The van der Waals surface area contributed by atoms with Crippen molar-refractivity contribution in [3.05, 3.63) is 24.0 Å². The number of hydrogen-bond acceptors (Lipinski definition) is 3. The first-order valence-electron chi connectivity index (χ1n) is 7.70. The molecule has 0 radical (unpaired) electrons. The number of methoxy groups -OCH3 is 1. The van der Waals surface area contributed by atoms with E-state index in [0.29, 0.717) is 5.69 Å². The second-order valence-corrected chi connectivity index (χ2v) is 5.52. The van der Waals surface area contributed by atoms with Crippen LogP contribution in [0.15, 0.2) is 18.3 Å².